The number of hydrogen-bond donors (Lipinski definition) is 0. The van der Waals surface area contributed by atoms with Gasteiger partial charge in [0.25, 0.3) is 0 Å². The number of benzene rings is 9. The lowest BCUT2D eigenvalue weighted by atomic mass is 9.64. The van der Waals surface area contributed by atoms with Crippen molar-refractivity contribution in [2.24, 2.45) is 0 Å². The van der Waals surface area contributed by atoms with Crippen LogP contribution in [0.5, 0.6) is 11.5 Å². The van der Waals surface area contributed by atoms with Gasteiger partial charge in [-0.05, 0) is 89.7 Å². The van der Waals surface area contributed by atoms with Gasteiger partial charge in [0.1, 0.15) is 11.5 Å². The molecule has 1 heteroatoms. The Hall–Kier alpha value is -6.96. The van der Waals surface area contributed by atoms with Crippen LogP contribution in [0.2, 0.25) is 0 Å². The predicted molar refractivity (Wildman–Crippen MR) is 224 cm³/mol. The lowest BCUT2D eigenvalue weighted by Gasteiger charge is -2.40. The second-order valence-corrected chi connectivity index (χ2v) is 15.1. The van der Waals surface area contributed by atoms with Crippen LogP contribution in [0, 0.1) is 0 Å². The molecule has 256 valence electrons. The monoisotopic (exact) mass is 698 g/mol. The summed E-state index contributed by atoms with van der Waals surface area (Å²) in [6.45, 7) is 0. The molecule has 0 saturated heterocycles. The van der Waals surface area contributed by atoms with Gasteiger partial charge in [-0.2, -0.15) is 0 Å². The fourth-order valence-corrected chi connectivity index (χ4v) is 10.6. The Labute approximate surface area is 320 Å². The Balaban J connectivity index is 1.16. The summed E-state index contributed by atoms with van der Waals surface area (Å²) in [5.74, 6) is 1.79. The molecule has 12 rings (SSSR count). The first-order chi connectivity index (χ1) is 27.3. The molecule has 9 aromatic rings. The quantitative estimate of drug-likeness (QED) is 0.178. The van der Waals surface area contributed by atoms with Gasteiger partial charge in [0.05, 0.1) is 10.8 Å². The van der Waals surface area contributed by atoms with Crippen molar-refractivity contribution in [3.8, 4) is 44.9 Å². The molecule has 0 saturated carbocycles. The number of fused-ring (bicyclic) bond motifs is 14. The molecule has 1 unspecified atom stereocenters. The summed E-state index contributed by atoms with van der Waals surface area (Å²) in [5.41, 5.74) is 16.5. The van der Waals surface area contributed by atoms with E-state index in [-0.39, 0.29) is 0 Å². The van der Waals surface area contributed by atoms with Crippen LogP contribution in [0.25, 0.3) is 44.2 Å². The van der Waals surface area contributed by atoms with Crippen LogP contribution in [0.15, 0.2) is 206 Å². The summed E-state index contributed by atoms with van der Waals surface area (Å²) in [7, 11) is 0. The molecule has 1 spiro atoms. The average Bonchev–Trinajstić information content (AvgIpc) is 3.73. The van der Waals surface area contributed by atoms with Gasteiger partial charge in [-0.1, -0.05) is 194 Å². The summed E-state index contributed by atoms with van der Waals surface area (Å²) in [4.78, 5) is 0. The van der Waals surface area contributed by atoms with Crippen molar-refractivity contribution < 1.29 is 4.74 Å². The van der Waals surface area contributed by atoms with Crippen molar-refractivity contribution in [3.63, 3.8) is 0 Å². The van der Waals surface area contributed by atoms with Crippen LogP contribution in [0.3, 0.4) is 0 Å². The molecule has 1 heterocycles. The lowest BCUT2D eigenvalue weighted by Crippen LogP contribution is -2.32. The van der Waals surface area contributed by atoms with Crippen LogP contribution in [-0.2, 0) is 10.8 Å². The van der Waals surface area contributed by atoms with E-state index in [0.29, 0.717) is 0 Å². The van der Waals surface area contributed by atoms with E-state index in [9.17, 15) is 0 Å². The van der Waals surface area contributed by atoms with Crippen LogP contribution >= 0.6 is 0 Å². The van der Waals surface area contributed by atoms with Crippen molar-refractivity contribution in [2.45, 2.75) is 10.8 Å². The Morgan fingerprint density at radius 1 is 0.309 bits per heavy atom. The minimum absolute atomic E-state index is 0.497. The zero-order valence-corrected chi connectivity index (χ0v) is 30.0. The van der Waals surface area contributed by atoms with Crippen LogP contribution in [0.1, 0.15) is 44.5 Å². The zero-order chi connectivity index (χ0) is 36.1. The number of rotatable bonds is 3. The Kier molecular flexibility index (Phi) is 6.25. The SMILES string of the molecule is c1ccc(C2(c3ccccc3-c3ccc4c(c3)Oc3ccccc3C43c4ccccc4-c4ccccc43)c3ccccc3-c3ccc4ccccc4c32)cc1. The highest BCUT2D eigenvalue weighted by molar-refractivity contribution is 6.01. The van der Waals surface area contributed by atoms with Crippen molar-refractivity contribution in [3.05, 3.63) is 251 Å². The first kappa shape index (κ1) is 30.5. The van der Waals surface area contributed by atoms with E-state index >= 15 is 0 Å². The highest BCUT2D eigenvalue weighted by Crippen LogP contribution is 2.63. The topological polar surface area (TPSA) is 9.23 Å². The maximum Gasteiger partial charge on any atom is 0.132 e. The van der Waals surface area contributed by atoms with E-state index in [2.05, 4.69) is 206 Å². The van der Waals surface area contributed by atoms with Crippen molar-refractivity contribution >= 4 is 10.8 Å². The number of ether oxygens (including phenoxy) is 1. The van der Waals surface area contributed by atoms with Crippen LogP contribution in [0.4, 0.5) is 0 Å². The van der Waals surface area contributed by atoms with E-state index in [4.69, 9.17) is 4.74 Å². The summed E-state index contributed by atoms with van der Waals surface area (Å²) >= 11 is 0. The molecule has 0 bridgehead atoms. The third kappa shape index (κ3) is 3.87. The van der Waals surface area contributed by atoms with Crippen molar-refractivity contribution in [1.29, 1.82) is 0 Å². The van der Waals surface area contributed by atoms with Crippen molar-refractivity contribution in [2.75, 3.05) is 0 Å². The van der Waals surface area contributed by atoms with Gasteiger partial charge in [0, 0.05) is 11.1 Å². The van der Waals surface area contributed by atoms with E-state index in [1.165, 1.54) is 83.1 Å². The molecule has 9 aromatic carbocycles. The van der Waals surface area contributed by atoms with Gasteiger partial charge < -0.3 is 4.74 Å². The van der Waals surface area contributed by atoms with E-state index < -0.39 is 10.8 Å². The number of para-hydroxylation sites is 1. The molecule has 1 aliphatic heterocycles. The van der Waals surface area contributed by atoms with Gasteiger partial charge in [-0.25, -0.2) is 0 Å². The number of hydrogen-bond acceptors (Lipinski definition) is 1. The van der Waals surface area contributed by atoms with Gasteiger partial charge >= 0.3 is 0 Å². The molecule has 0 radical (unpaired) electrons. The molecule has 0 N–H and O–H groups in total. The van der Waals surface area contributed by atoms with Crippen LogP contribution in [-0.4, -0.2) is 0 Å². The second-order valence-electron chi connectivity index (χ2n) is 15.1. The summed E-state index contributed by atoms with van der Waals surface area (Å²) in [6.07, 6.45) is 0. The van der Waals surface area contributed by atoms with E-state index in [0.717, 1.165) is 17.1 Å². The fraction of sp³-hybridized carbons (Fsp3) is 0.0370. The minimum atomic E-state index is -0.571. The maximum absolute atomic E-state index is 7.00. The smallest absolute Gasteiger partial charge is 0.132 e. The summed E-state index contributed by atoms with van der Waals surface area (Å²) in [5, 5.41) is 2.52. The Morgan fingerprint density at radius 2 is 0.818 bits per heavy atom. The molecule has 2 aliphatic carbocycles. The molecule has 0 amide bonds. The van der Waals surface area contributed by atoms with Gasteiger partial charge in [-0.15, -0.1) is 0 Å². The Morgan fingerprint density at radius 3 is 1.53 bits per heavy atom. The summed E-state index contributed by atoms with van der Waals surface area (Å²) < 4.78 is 7.00. The second kappa shape index (κ2) is 11.3. The van der Waals surface area contributed by atoms with Gasteiger partial charge in [0.2, 0.25) is 0 Å². The minimum Gasteiger partial charge on any atom is -0.457 e. The molecule has 1 atom stereocenters. The third-order valence-corrected chi connectivity index (χ3v) is 12.6. The third-order valence-electron chi connectivity index (χ3n) is 12.6. The summed E-state index contributed by atoms with van der Waals surface area (Å²) in [6, 6.07) is 76.2. The first-order valence-electron chi connectivity index (χ1n) is 19.2. The van der Waals surface area contributed by atoms with E-state index in [1.54, 1.807) is 0 Å². The molecule has 0 aromatic heterocycles. The fourth-order valence-electron chi connectivity index (χ4n) is 10.6. The molecule has 3 aliphatic rings. The molecular formula is C54H34O. The predicted octanol–water partition coefficient (Wildman–Crippen LogP) is 13.3. The standard InChI is InChI=1S/C54H34O/c1-2-17-37(18-3-1)53(45-25-11-9-23-42(45)43-32-30-35-16-4-5-20-39(35)52(43)53)44-24-10-6-19-38(44)36-31-33-49-51(34-36)55-50-29-15-14-28-48(50)54(49)46-26-12-7-21-40(46)41-22-8-13-27-47(41)54/h1-34H. The van der Waals surface area contributed by atoms with Crippen LogP contribution < -0.4 is 4.74 Å². The Bertz CT molecular complexity index is 2980. The van der Waals surface area contributed by atoms with Gasteiger partial charge in [-0.3, -0.25) is 0 Å². The largest absolute Gasteiger partial charge is 0.457 e. The highest BCUT2D eigenvalue weighted by atomic mass is 16.5. The molecule has 1 nitrogen and oxygen atoms in total. The molecular weight excluding hydrogens is 665 g/mol. The van der Waals surface area contributed by atoms with E-state index in [1.807, 2.05) is 0 Å². The zero-order valence-electron chi connectivity index (χ0n) is 30.0. The van der Waals surface area contributed by atoms with Crippen molar-refractivity contribution in [1.82, 2.24) is 0 Å². The lowest BCUT2D eigenvalue weighted by molar-refractivity contribution is 0.436. The highest BCUT2D eigenvalue weighted by Gasteiger charge is 2.52. The van der Waals surface area contributed by atoms with Gasteiger partial charge in [0.15, 0.2) is 0 Å². The molecule has 0 fully saturated rings. The maximum atomic E-state index is 7.00. The average molecular weight is 699 g/mol. The normalized spacial score (nSPS) is 16.4. The first-order valence-corrected chi connectivity index (χ1v) is 19.2. The molecule has 55 heavy (non-hydrogen) atoms.